The van der Waals surface area contributed by atoms with Gasteiger partial charge in [-0.25, -0.2) is 0 Å². The summed E-state index contributed by atoms with van der Waals surface area (Å²) in [5, 5.41) is 3.85. The first-order valence-electron chi connectivity index (χ1n) is 5.17. The van der Waals surface area contributed by atoms with Crippen LogP contribution < -0.4 is 10.5 Å². The smallest absolute Gasteiger partial charge is 0.147 e. The Morgan fingerprint density at radius 1 is 1.41 bits per heavy atom. The fraction of sp³-hybridized carbons (Fsp3) is 0.250. The van der Waals surface area contributed by atoms with Crippen molar-refractivity contribution < 1.29 is 9.26 Å². The number of aromatic nitrogens is 1. The van der Waals surface area contributed by atoms with E-state index in [4.69, 9.17) is 15.0 Å². The molecule has 0 amide bonds. The predicted octanol–water partition coefficient (Wildman–Crippen LogP) is 2.87. The lowest BCUT2D eigenvalue weighted by atomic mass is 10.3. The molecule has 0 unspecified atom stereocenters. The van der Waals surface area contributed by atoms with Gasteiger partial charge in [-0.15, -0.1) is 11.8 Å². The van der Waals surface area contributed by atoms with E-state index in [2.05, 4.69) is 5.16 Å². The zero-order valence-corrected chi connectivity index (χ0v) is 10.6. The van der Waals surface area contributed by atoms with E-state index in [0.29, 0.717) is 5.69 Å². The number of hydrogen-bond donors (Lipinski definition) is 1. The van der Waals surface area contributed by atoms with Crippen molar-refractivity contribution in [2.24, 2.45) is 0 Å². The minimum atomic E-state index is 0.696. The molecule has 0 bridgehead atoms. The lowest BCUT2D eigenvalue weighted by Crippen LogP contribution is -1.90. The highest BCUT2D eigenvalue weighted by Crippen LogP contribution is 2.33. The number of benzene rings is 1. The molecule has 0 fully saturated rings. The third-order valence-electron chi connectivity index (χ3n) is 2.23. The summed E-state index contributed by atoms with van der Waals surface area (Å²) in [5.74, 6) is 2.36. The Labute approximate surface area is 104 Å². The third kappa shape index (κ3) is 2.94. The third-order valence-corrected chi connectivity index (χ3v) is 3.31. The molecule has 2 N–H and O–H groups in total. The number of nitrogen functional groups attached to an aromatic ring is 1. The highest BCUT2D eigenvalue weighted by molar-refractivity contribution is 7.98. The molecule has 17 heavy (non-hydrogen) atoms. The number of aryl methyl sites for hydroxylation is 1. The van der Waals surface area contributed by atoms with Gasteiger partial charge in [0, 0.05) is 22.7 Å². The number of nitrogens with two attached hydrogens (primary N) is 1. The fourth-order valence-electron chi connectivity index (χ4n) is 1.44. The molecule has 1 aromatic carbocycles. The quantitative estimate of drug-likeness (QED) is 0.667. The summed E-state index contributed by atoms with van der Waals surface area (Å²) >= 11 is 1.63. The number of methoxy groups -OCH3 is 1. The van der Waals surface area contributed by atoms with Crippen molar-refractivity contribution in [1.82, 2.24) is 5.16 Å². The summed E-state index contributed by atoms with van der Waals surface area (Å²) in [7, 11) is 1.64. The van der Waals surface area contributed by atoms with Crippen molar-refractivity contribution in [1.29, 1.82) is 0 Å². The maximum atomic E-state index is 5.70. The van der Waals surface area contributed by atoms with Gasteiger partial charge in [0.25, 0.3) is 0 Å². The number of hydrogen-bond acceptors (Lipinski definition) is 5. The van der Waals surface area contributed by atoms with Crippen LogP contribution in [0.3, 0.4) is 0 Å². The SMILES string of the molecule is COc1cc(N)ccc1SCc1cc(C)no1. The van der Waals surface area contributed by atoms with Crippen molar-refractivity contribution in [2.75, 3.05) is 12.8 Å². The van der Waals surface area contributed by atoms with Gasteiger partial charge in [-0.1, -0.05) is 5.16 Å². The van der Waals surface area contributed by atoms with Gasteiger partial charge >= 0.3 is 0 Å². The van der Waals surface area contributed by atoms with Crippen LogP contribution in [0.15, 0.2) is 33.7 Å². The molecule has 0 saturated carbocycles. The maximum Gasteiger partial charge on any atom is 0.147 e. The summed E-state index contributed by atoms with van der Waals surface area (Å²) in [6.45, 7) is 1.90. The second-order valence-electron chi connectivity index (χ2n) is 3.63. The molecule has 0 atom stereocenters. The Morgan fingerprint density at radius 3 is 2.88 bits per heavy atom. The first-order chi connectivity index (χ1) is 8.19. The molecule has 5 heteroatoms. The molecule has 2 aromatic rings. The maximum absolute atomic E-state index is 5.70. The van der Waals surface area contributed by atoms with Gasteiger partial charge in [0.15, 0.2) is 0 Å². The van der Waals surface area contributed by atoms with E-state index >= 15 is 0 Å². The average molecular weight is 250 g/mol. The van der Waals surface area contributed by atoms with Crippen LogP contribution in [0.4, 0.5) is 5.69 Å². The van der Waals surface area contributed by atoms with Crippen molar-refractivity contribution in [3.63, 3.8) is 0 Å². The largest absolute Gasteiger partial charge is 0.496 e. The molecule has 1 aromatic heterocycles. The van der Waals surface area contributed by atoms with E-state index in [9.17, 15) is 0 Å². The zero-order chi connectivity index (χ0) is 12.3. The van der Waals surface area contributed by atoms with Crippen molar-refractivity contribution in [2.45, 2.75) is 17.6 Å². The van der Waals surface area contributed by atoms with Crippen molar-refractivity contribution in [3.8, 4) is 5.75 Å². The topological polar surface area (TPSA) is 61.3 Å². The summed E-state index contributed by atoms with van der Waals surface area (Å²) in [6.07, 6.45) is 0. The minimum Gasteiger partial charge on any atom is -0.496 e. The van der Waals surface area contributed by atoms with Gasteiger partial charge in [-0.3, -0.25) is 0 Å². The molecule has 2 rings (SSSR count). The molecular weight excluding hydrogens is 236 g/mol. The van der Waals surface area contributed by atoms with Crippen LogP contribution in [0.5, 0.6) is 5.75 Å². The Morgan fingerprint density at radius 2 is 2.24 bits per heavy atom. The minimum absolute atomic E-state index is 0.696. The Bertz CT molecular complexity index is 511. The van der Waals surface area contributed by atoms with E-state index in [1.54, 1.807) is 18.9 Å². The van der Waals surface area contributed by atoms with Gasteiger partial charge in [-0.2, -0.15) is 0 Å². The summed E-state index contributed by atoms with van der Waals surface area (Å²) in [6, 6.07) is 7.54. The van der Waals surface area contributed by atoms with Crippen molar-refractivity contribution in [3.05, 3.63) is 35.7 Å². The van der Waals surface area contributed by atoms with Gasteiger partial charge in [0.2, 0.25) is 0 Å². The molecule has 4 nitrogen and oxygen atoms in total. The first kappa shape index (κ1) is 11.9. The lowest BCUT2D eigenvalue weighted by Gasteiger charge is -2.07. The van der Waals surface area contributed by atoms with Crippen LogP contribution in [0.2, 0.25) is 0 Å². The highest BCUT2D eigenvalue weighted by Gasteiger charge is 2.07. The van der Waals surface area contributed by atoms with Gasteiger partial charge in [0.1, 0.15) is 11.5 Å². The van der Waals surface area contributed by atoms with E-state index < -0.39 is 0 Å². The van der Waals surface area contributed by atoms with Crippen molar-refractivity contribution >= 4 is 17.4 Å². The van der Waals surface area contributed by atoms with Gasteiger partial charge < -0.3 is 15.0 Å². The molecule has 0 spiro atoms. The molecule has 0 saturated heterocycles. The summed E-state index contributed by atoms with van der Waals surface area (Å²) < 4.78 is 10.4. The molecule has 0 aliphatic rings. The van der Waals surface area contributed by atoms with Crippen LogP contribution >= 0.6 is 11.8 Å². The standard InChI is InChI=1S/C12H14N2O2S/c1-8-5-10(16-14-8)7-17-12-4-3-9(13)6-11(12)15-2/h3-6H,7,13H2,1-2H3. The van der Waals surface area contributed by atoms with Crippen LogP contribution in [-0.2, 0) is 5.75 Å². The molecule has 0 radical (unpaired) electrons. The van der Waals surface area contributed by atoms with E-state index in [1.807, 2.05) is 31.2 Å². The highest BCUT2D eigenvalue weighted by atomic mass is 32.2. The van der Waals surface area contributed by atoms with Crippen LogP contribution in [-0.4, -0.2) is 12.3 Å². The van der Waals surface area contributed by atoms with E-state index in [1.165, 1.54) is 0 Å². The van der Waals surface area contributed by atoms with Gasteiger partial charge in [0.05, 0.1) is 18.6 Å². The predicted molar refractivity (Wildman–Crippen MR) is 68.2 cm³/mol. The number of anilines is 1. The molecule has 90 valence electrons. The number of thioether (sulfide) groups is 1. The van der Waals surface area contributed by atoms with E-state index in [-0.39, 0.29) is 0 Å². The number of nitrogens with zero attached hydrogens (tertiary/aromatic N) is 1. The number of rotatable bonds is 4. The first-order valence-corrected chi connectivity index (χ1v) is 6.16. The molecule has 0 aliphatic carbocycles. The summed E-state index contributed by atoms with van der Waals surface area (Å²) in [5.41, 5.74) is 7.29. The second-order valence-corrected chi connectivity index (χ2v) is 4.65. The monoisotopic (exact) mass is 250 g/mol. The van der Waals surface area contributed by atoms with Crippen LogP contribution in [0.1, 0.15) is 11.5 Å². The molecule has 0 aliphatic heterocycles. The molecule has 1 heterocycles. The lowest BCUT2D eigenvalue weighted by molar-refractivity contribution is 0.390. The van der Waals surface area contributed by atoms with E-state index in [0.717, 1.165) is 27.9 Å². The Balaban J connectivity index is 2.08. The number of ether oxygens (including phenoxy) is 1. The zero-order valence-electron chi connectivity index (χ0n) is 9.77. The molecular formula is C12H14N2O2S. The van der Waals surface area contributed by atoms with Crippen LogP contribution in [0, 0.1) is 6.92 Å². The second kappa shape index (κ2) is 5.14. The van der Waals surface area contributed by atoms with Gasteiger partial charge in [-0.05, 0) is 19.1 Å². The Kier molecular flexibility index (Phi) is 3.58. The average Bonchev–Trinajstić information content (AvgIpc) is 2.73. The summed E-state index contributed by atoms with van der Waals surface area (Å²) in [4.78, 5) is 1.04. The Hall–Kier alpha value is -1.62. The fourth-order valence-corrected chi connectivity index (χ4v) is 2.32. The van der Waals surface area contributed by atoms with Crippen LogP contribution in [0.25, 0.3) is 0 Å². The normalized spacial score (nSPS) is 10.5.